The lowest BCUT2D eigenvalue weighted by Crippen LogP contribution is -2.51. The summed E-state index contributed by atoms with van der Waals surface area (Å²) in [5.74, 6) is 4.95. The molecule has 0 aromatic rings. The van der Waals surface area contributed by atoms with Crippen LogP contribution in [0.25, 0.3) is 0 Å². The molecule has 3 fully saturated rings. The Bertz CT molecular complexity index is 958. The van der Waals surface area contributed by atoms with E-state index in [1.807, 2.05) is 0 Å². The predicted octanol–water partition coefficient (Wildman–Crippen LogP) is 8.66. The Hall–Kier alpha value is -2.01. The van der Waals surface area contributed by atoms with Gasteiger partial charge >= 0.3 is 6.09 Å². The second kappa shape index (κ2) is 12.7. The minimum Gasteiger partial charge on any atom is -0.446 e. The summed E-state index contributed by atoms with van der Waals surface area (Å²) in [6, 6.07) is 4.20. The quantitative estimate of drug-likeness (QED) is 0.262. The minimum atomic E-state index is -0.365. The summed E-state index contributed by atoms with van der Waals surface area (Å²) < 4.78 is 5.98. The zero-order valence-electron chi connectivity index (χ0n) is 25.4. The third-order valence-electron chi connectivity index (χ3n) is 11.8. The first kappa shape index (κ1) is 30.0. The van der Waals surface area contributed by atoms with Crippen molar-refractivity contribution in [1.29, 1.82) is 10.5 Å². The second-order valence-electron chi connectivity index (χ2n) is 14.3. The average molecular weight is 536 g/mol. The van der Waals surface area contributed by atoms with Crippen molar-refractivity contribution in [2.24, 2.45) is 46.3 Å². The van der Waals surface area contributed by atoms with Gasteiger partial charge in [-0.05, 0) is 91.3 Å². The molecule has 0 aromatic heterocycles. The van der Waals surface area contributed by atoms with Crippen molar-refractivity contribution in [3.8, 4) is 12.1 Å². The fourth-order valence-corrected chi connectivity index (χ4v) is 9.63. The van der Waals surface area contributed by atoms with Gasteiger partial charge in [0.1, 0.15) is 6.10 Å². The van der Waals surface area contributed by atoms with E-state index < -0.39 is 0 Å². The highest BCUT2D eigenvalue weighted by molar-refractivity contribution is 5.68. The number of hydrogen-bond acceptors (Lipinski definition) is 4. The lowest BCUT2D eigenvalue weighted by Gasteiger charge is -2.58. The standard InChI is InChI=1S/C34H53N3O2/c1-24(2)9-6-10-25(3)29-13-14-30-28-12-11-26-23-27(39-32(38)37(21-7-19-35)22-8-20-36)15-17-33(26,4)31(28)16-18-34(29,30)5/h11,24-25,27-31H,6-10,12-18,21-23H2,1-5H3/t25-,27-,28+,29-,30-,31+,33-,34+/m0/s1. The Balaban J connectivity index is 1.40. The molecule has 4 aliphatic carbocycles. The van der Waals surface area contributed by atoms with Crippen LogP contribution in [0.4, 0.5) is 4.79 Å². The second-order valence-corrected chi connectivity index (χ2v) is 14.3. The SMILES string of the molecule is CC(C)CCC[C@H](C)[C@@H]1CC[C@H]2[C@H]3CC=C4C[C@@H](OC(=O)N(CCC#N)CCC#N)CC[C@]4(C)[C@@H]3CC[C@@]21C. The zero-order chi connectivity index (χ0) is 28.2. The molecule has 4 aliphatic rings. The van der Waals surface area contributed by atoms with Gasteiger partial charge in [-0.2, -0.15) is 10.5 Å². The molecular weight excluding hydrogens is 482 g/mol. The average Bonchev–Trinajstić information content (AvgIpc) is 3.26. The highest BCUT2D eigenvalue weighted by Gasteiger charge is 2.59. The monoisotopic (exact) mass is 535 g/mol. The van der Waals surface area contributed by atoms with Gasteiger partial charge in [-0.15, -0.1) is 0 Å². The van der Waals surface area contributed by atoms with Crippen LogP contribution in [0, 0.1) is 69.0 Å². The first-order valence-electron chi connectivity index (χ1n) is 16.0. The molecule has 1 amide bonds. The van der Waals surface area contributed by atoms with Crippen LogP contribution < -0.4 is 0 Å². The largest absolute Gasteiger partial charge is 0.446 e. The maximum Gasteiger partial charge on any atom is 0.410 e. The number of nitriles is 2. The van der Waals surface area contributed by atoms with Crippen LogP contribution in [0.5, 0.6) is 0 Å². The Kier molecular flexibility index (Phi) is 9.73. The van der Waals surface area contributed by atoms with Gasteiger partial charge in [-0.25, -0.2) is 4.79 Å². The van der Waals surface area contributed by atoms with E-state index in [0.717, 1.165) is 54.8 Å². The van der Waals surface area contributed by atoms with Crippen molar-refractivity contribution in [2.75, 3.05) is 13.1 Å². The van der Waals surface area contributed by atoms with Crippen LogP contribution in [0.3, 0.4) is 0 Å². The minimum absolute atomic E-state index is 0.101. The molecule has 0 saturated heterocycles. The summed E-state index contributed by atoms with van der Waals surface area (Å²) in [6.45, 7) is 13.1. The van der Waals surface area contributed by atoms with Gasteiger partial charge in [0, 0.05) is 19.5 Å². The maximum atomic E-state index is 12.9. The number of allylic oxidation sites excluding steroid dienone is 1. The first-order chi connectivity index (χ1) is 18.6. The van der Waals surface area contributed by atoms with Gasteiger partial charge in [-0.1, -0.05) is 65.5 Å². The number of amides is 1. The molecule has 5 nitrogen and oxygen atoms in total. The fraction of sp³-hybridized carbons (Fsp3) is 0.853. The number of carbonyl (C=O) groups is 1. The third kappa shape index (κ3) is 6.19. The molecule has 8 atom stereocenters. The third-order valence-corrected chi connectivity index (χ3v) is 11.8. The Labute approximate surface area is 238 Å². The van der Waals surface area contributed by atoms with E-state index in [1.54, 1.807) is 0 Å². The van der Waals surface area contributed by atoms with Gasteiger partial charge in [0.25, 0.3) is 0 Å². The fourth-order valence-electron chi connectivity index (χ4n) is 9.63. The van der Waals surface area contributed by atoms with E-state index in [9.17, 15) is 4.79 Å². The number of fused-ring (bicyclic) bond motifs is 5. The van der Waals surface area contributed by atoms with Crippen LogP contribution in [0.1, 0.15) is 118 Å². The molecule has 4 rings (SSSR count). The lowest BCUT2D eigenvalue weighted by molar-refractivity contribution is -0.0593. The smallest absolute Gasteiger partial charge is 0.410 e. The summed E-state index contributed by atoms with van der Waals surface area (Å²) in [6.07, 6.45) is 16.3. The Morgan fingerprint density at radius 1 is 1.03 bits per heavy atom. The topological polar surface area (TPSA) is 77.1 Å². The number of carbonyl (C=O) groups excluding carboxylic acids is 1. The van der Waals surface area contributed by atoms with E-state index in [1.165, 1.54) is 61.8 Å². The molecule has 216 valence electrons. The summed E-state index contributed by atoms with van der Waals surface area (Å²) >= 11 is 0. The van der Waals surface area contributed by atoms with Crippen molar-refractivity contribution in [3.63, 3.8) is 0 Å². The predicted molar refractivity (Wildman–Crippen MR) is 155 cm³/mol. The molecule has 0 heterocycles. The van der Waals surface area contributed by atoms with Crippen molar-refractivity contribution in [3.05, 3.63) is 11.6 Å². The molecule has 5 heteroatoms. The normalized spacial score (nSPS) is 36.0. The number of ether oxygens (including phenoxy) is 1. The van der Waals surface area contributed by atoms with E-state index in [4.69, 9.17) is 15.3 Å². The Morgan fingerprint density at radius 2 is 1.74 bits per heavy atom. The van der Waals surface area contributed by atoms with Crippen molar-refractivity contribution in [2.45, 2.75) is 124 Å². The molecule has 0 unspecified atom stereocenters. The molecule has 0 N–H and O–H groups in total. The molecular formula is C34H53N3O2. The molecule has 0 aromatic carbocycles. The number of rotatable bonds is 10. The molecule has 0 spiro atoms. The highest BCUT2D eigenvalue weighted by atomic mass is 16.6. The van der Waals surface area contributed by atoms with Crippen molar-refractivity contribution in [1.82, 2.24) is 4.90 Å². The Morgan fingerprint density at radius 3 is 2.41 bits per heavy atom. The first-order valence-corrected chi connectivity index (χ1v) is 16.0. The van der Waals surface area contributed by atoms with Gasteiger partial charge in [0.05, 0.1) is 25.0 Å². The van der Waals surface area contributed by atoms with Crippen LogP contribution in [-0.4, -0.2) is 30.2 Å². The lowest BCUT2D eigenvalue weighted by atomic mass is 9.47. The number of hydrogen-bond donors (Lipinski definition) is 0. The molecule has 0 radical (unpaired) electrons. The van der Waals surface area contributed by atoms with E-state index >= 15 is 0 Å². The van der Waals surface area contributed by atoms with Crippen molar-refractivity contribution < 1.29 is 9.53 Å². The van der Waals surface area contributed by atoms with Gasteiger partial charge in [0.15, 0.2) is 0 Å². The summed E-state index contributed by atoms with van der Waals surface area (Å²) in [5, 5.41) is 17.9. The van der Waals surface area contributed by atoms with E-state index in [-0.39, 0.29) is 30.5 Å². The summed E-state index contributed by atoms with van der Waals surface area (Å²) in [5.41, 5.74) is 2.26. The van der Waals surface area contributed by atoms with Crippen LogP contribution in [0.2, 0.25) is 0 Å². The van der Waals surface area contributed by atoms with Gasteiger partial charge in [0.2, 0.25) is 0 Å². The molecule has 0 bridgehead atoms. The van der Waals surface area contributed by atoms with Gasteiger partial charge in [-0.3, -0.25) is 0 Å². The van der Waals surface area contributed by atoms with Crippen LogP contribution >= 0.6 is 0 Å². The van der Waals surface area contributed by atoms with Gasteiger partial charge < -0.3 is 9.64 Å². The van der Waals surface area contributed by atoms with Crippen molar-refractivity contribution >= 4 is 6.09 Å². The van der Waals surface area contributed by atoms with E-state index in [0.29, 0.717) is 18.5 Å². The van der Waals surface area contributed by atoms with Crippen LogP contribution in [-0.2, 0) is 4.74 Å². The molecule has 0 aliphatic heterocycles. The van der Waals surface area contributed by atoms with Crippen LogP contribution in [0.15, 0.2) is 11.6 Å². The number of nitrogens with zero attached hydrogens (tertiary/aromatic N) is 3. The highest BCUT2D eigenvalue weighted by Crippen LogP contribution is 2.67. The zero-order valence-corrected chi connectivity index (χ0v) is 25.4. The summed E-state index contributed by atoms with van der Waals surface area (Å²) in [4.78, 5) is 14.4. The molecule has 39 heavy (non-hydrogen) atoms. The molecule has 3 saturated carbocycles. The van der Waals surface area contributed by atoms with E-state index in [2.05, 4.69) is 52.8 Å². The summed E-state index contributed by atoms with van der Waals surface area (Å²) in [7, 11) is 0. The maximum absolute atomic E-state index is 12.9.